The van der Waals surface area contributed by atoms with E-state index in [1.165, 1.54) is 13.8 Å². The van der Waals surface area contributed by atoms with E-state index in [1.54, 1.807) is 48.5 Å². The smallest absolute Gasteiger partial charge is 0.394 e. The third-order valence-electron chi connectivity index (χ3n) is 3.84. The molecule has 0 spiro atoms. The lowest BCUT2D eigenvalue weighted by Gasteiger charge is -2.27. The molecular formula is C19H21ClN10O4. The van der Waals surface area contributed by atoms with Crippen molar-refractivity contribution in [2.45, 2.75) is 19.4 Å². The summed E-state index contributed by atoms with van der Waals surface area (Å²) in [5.74, 6) is -0.636. The summed E-state index contributed by atoms with van der Waals surface area (Å²) >= 11 is 5.79. The van der Waals surface area contributed by atoms with Gasteiger partial charge in [-0.05, 0) is 67.6 Å². The van der Waals surface area contributed by atoms with E-state index in [0.717, 1.165) is 0 Å². The first-order valence-electron chi connectivity index (χ1n) is 9.42. The van der Waals surface area contributed by atoms with Gasteiger partial charge in [0, 0.05) is 16.1 Å². The van der Waals surface area contributed by atoms with Crippen molar-refractivity contribution in [3.8, 4) is 5.75 Å². The summed E-state index contributed by atoms with van der Waals surface area (Å²) in [5.41, 5.74) is 9.53. The molecule has 4 aromatic rings. The highest BCUT2D eigenvalue weighted by atomic mass is 35.5. The lowest BCUT2D eigenvalue weighted by Crippen LogP contribution is -2.47. The molecule has 0 amide bonds. The number of tetrazole rings is 2. The van der Waals surface area contributed by atoms with Crippen LogP contribution in [-0.2, 0) is 4.79 Å². The highest BCUT2D eigenvalue weighted by Gasteiger charge is 2.21. The van der Waals surface area contributed by atoms with Gasteiger partial charge in [-0.3, -0.25) is 4.79 Å². The molecule has 0 saturated heterocycles. The van der Waals surface area contributed by atoms with Crippen molar-refractivity contribution >= 4 is 35.3 Å². The SMILES string of the molecule is CC(C)(Oc1ccc(C(=O)c2ccc(Cl)cc2)cc1)C(=O)[O-].Nc1nn[nH][nH+]1.Nc1nn[nH]n1. The van der Waals surface area contributed by atoms with Crippen molar-refractivity contribution in [1.29, 1.82) is 0 Å². The highest BCUT2D eigenvalue weighted by Crippen LogP contribution is 2.20. The van der Waals surface area contributed by atoms with Gasteiger partial charge in [-0.2, -0.15) is 10.3 Å². The van der Waals surface area contributed by atoms with E-state index in [2.05, 4.69) is 41.2 Å². The van der Waals surface area contributed by atoms with Crippen LogP contribution in [-0.4, -0.2) is 53.5 Å². The lowest BCUT2D eigenvalue weighted by molar-refractivity contribution is -0.440. The Hall–Kier alpha value is -4.59. The molecule has 15 heteroatoms. The van der Waals surface area contributed by atoms with E-state index in [9.17, 15) is 14.7 Å². The van der Waals surface area contributed by atoms with Crippen LogP contribution in [0.2, 0.25) is 5.02 Å². The van der Waals surface area contributed by atoms with E-state index >= 15 is 0 Å². The average Bonchev–Trinajstić information content (AvgIpc) is 3.48. The van der Waals surface area contributed by atoms with Crippen LogP contribution in [0.4, 0.5) is 11.9 Å². The van der Waals surface area contributed by atoms with Crippen LogP contribution in [0.1, 0.15) is 29.8 Å². The number of hydrogen-bond acceptors (Lipinski definition) is 11. The van der Waals surface area contributed by atoms with Crippen LogP contribution in [0.25, 0.3) is 0 Å². The predicted octanol–water partition coefficient (Wildman–Crippen LogP) is -0.539. The molecule has 4 rings (SSSR count). The fourth-order valence-electron chi connectivity index (χ4n) is 2.13. The van der Waals surface area contributed by atoms with Gasteiger partial charge in [0.25, 0.3) is 5.95 Å². The van der Waals surface area contributed by atoms with E-state index in [0.29, 0.717) is 27.8 Å². The number of anilines is 2. The molecule has 178 valence electrons. The Balaban J connectivity index is 0.000000274. The van der Waals surface area contributed by atoms with E-state index < -0.39 is 11.6 Å². The number of halogens is 1. The van der Waals surface area contributed by atoms with Crippen LogP contribution >= 0.6 is 11.6 Å². The number of hydrogen-bond donors (Lipinski definition) is 4. The normalized spacial score (nSPS) is 10.2. The van der Waals surface area contributed by atoms with Gasteiger partial charge in [0.05, 0.1) is 11.1 Å². The number of nitrogens with zero attached hydrogens (tertiary/aromatic N) is 5. The molecule has 0 unspecified atom stereocenters. The number of carboxylic acids is 1. The summed E-state index contributed by atoms with van der Waals surface area (Å²) in [7, 11) is 0. The zero-order chi connectivity index (χ0) is 25.1. The number of aliphatic carboxylic acids is 1. The number of ketones is 1. The van der Waals surface area contributed by atoms with Crippen LogP contribution < -0.4 is 26.4 Å². The summed E-state index contributed by atoms with van der Waals surface area (Å²) in [6, 6.07) is 12.9. The molecule has 0 radical (unpaired) electrons. The maximum atomic E-state index is 12.3. The first-order chi connectivity index (χ1) is 16.1. The number of carboxylic acid groups (broad SMARTS) is 1. The minimum atomic E-state index is -1.44. The predicted molar refractivity (Wildman–Crippen MR) is 117 cm³/mol. The van der Waals surface area contributed by atoms with Crippen molar-refractivity contribution in [2.75, 3.05) is 11.5 Å². The number of carbonyl (C=O) groups excluding carboxylic acids is 2. The van der Waals surface area contributed by atoms with Gasteiger partial charge in [0.1, 0.15) is 16.6 Å². The Labute approximate surface area is 197 Å². The minimum absolute atomic E-state index is 0.151. The molecule has 0 saturated carbocycles. The summed E-state index contributed by atoms with van der Waals surface area (Å²) in [5, 5.41) is 34.8. The van der Waals surface area contributed by atoms with Crippen molar-refractivity contribution in [1.82, 2.24) is 36.1 Å². The lowest BCUT2D eigenvalue weighted by atomic mass is 10.0. The highest BCUT2D eigenvalue weighted by molar-refractivity contribution is 6.30. The molecule has 0 bridgehead atoms. The van der Waals surface area contributed by atoms with Crippen molar-refractivity contribution in [3.05, 3.63) is 64.7 Å². The van der Waals surface area contributed by atoms with Crippen molar-refractivity contribution in [2.24, 2.45) is 0 Å². The average molecular weight is 489 g/mol. The van der Waals surface area contributed by atoms with Crippen LogP contribution in [0.5, 0.6) is 5.75 Å². The zero-order valence-electron chi connectivity index (χ0n) is 18.0. The molecule has 0 aliphatic rings. The first kappa shape index (κ1) is 25.7. The topological polar surface area (TPSA) is 229 Å². The number of ether oxygens (including phenoxy) is 1. The molecule has 14 nitrogen and oxygen atoms in total. The van der Waals surface area contributed by atoms with Gasteiger partial charge >= 0.3 is 5.95 Å². The summed E-state index contributed by atoms with van der Waals surface area (Å²) in [6.45, 7) is 2.80. The number of nitrogens with one attached hydrogen (secondary N) is 3. The molecule has 34 heavy (non-hydrogen) atoms. The third kappa shape index (κ3) is 8.16. The number of carbonyl (C=O) groups is 2. The van der Waals surface area contributed by atoms with Crippen LogP contribution in [0.15, 0.2) is 48.5 Å². The summed E-state index contributed by atoms with van der Waals surface area (Å²) < 4.78 is 5.33. The van der Waals surface area contributed by atoms with Gasteiger partial charge in [0.15, 0.2) is 5.78 Å². The Kier molecular flexibility index (Phi) is 8.96. The van der Waals surface area contributed by atoms with Gasteiger partial charge < -0.3 is 26.1 Å². The quantitative estimate of drug-likeness (QED) is 0.260. The van der Waals surface area contributed by atoms with Crippen LogP contribution in [0, 0.1) is 0 Å². The summed E-state index contributed by atoms with van der Waals surface area (Å²) in [4.78, 5) is 23.2. The number of benzene rings is 2. The van der Waals surface area contributed by atoms with E-state index in [1.807, 2.05) is 0 Å². The van der Waals surface area contributed by atoms with E-state index in [-0.39, 0.29) is 11.7 Å². The molecule has 2 aromatic carbocycles. The van der Waals surface area contributed by atoms with Gasteiger partial charge in [0.2, 0.25) is 0 Å². The zero-order valence-corrected chi connectivity index (χ0v) is 18.8. The third-order valence-corrected chi connectivity index (χ3v) is 4.09. The molecule has 2 heterocycles. The number of aromatic amines is 3. The Morgan fingerprint density at radius 3 is 1.94 bits per heavy atom. The molecular weight excluding hydrogens is 468 g/mol. The number of rotatable bonds is 5. The number of nitrogen functional groups attached to an aromatic ring is 2. The van der Waals surface area contributed by atoms with Gasteiger partial charge in [-0.25, -0.2) is 0 Å². The molecule has 7 N–H and O–H groups in total. The minimum Gasteiger partial charge on any atom is -0.546 e. The van der Waals surface area contributed by atoms with Gasteiger partial charge in [-0.15, -0.1) is 10.3 Å². The molecule has 0 aliphatic carbocycles. The Bertz CT molecular complexity index is 1130. The van der Waals surface area contributed by atoms with Gasteiger partial charge in [-0.1, -0.05) is 16.7 Å². The van der Waals surface area contributed by atoms with Crippen molar-refractivity contribution in [3.63, 3.8) is 0 Å². The first-order valence-corrected chi connectivity index (χ1v) is 9.80. The van der Waals surface area contributed by atoms with Crippen LogP contribution in [0.3, 0.4) is 0 Å². The monoisotopic (exact) mass is 488 g/mol. The fraction of sp³-hybridized carbons (Fsp3) is 0.158. The maximum absolute atomic E-state index is 12.3. The number of aromatic nitrogens is 8. The van der Waals surface area contributed by atoms with Crippen molar-refractivity contribution < 1.29 is 24.5 Å². The number of nitrogens with two attached hydrogens (primary N) is 2. The largest absolute Gasteiger partial charge is 0.546 e. The maximum Gasteiger partial charge on any atom is 0.394 e. The molecule has 0 aliphatic heterocycles. The molecule has 0 fully saturated rings. The fourth-order valence-corrected chi connectivity index (χ4v) is 2.26. The summed E-state index contributed by atoms with van der Waals surface area (Å²) in [6.07, 6.45) is 0. The standard InChI is InChI=1S/C17H15ClO4.2CH3N5/c1-17(2,16(20)21)22-14-9-5-12(6-10-14)15(19)11-3-7-13(18)8-4-11;2*2-1-3-5-6-4-1/h3-10H,1-2H3,(H,20,21);2*(H3,2,3,4,5,6). The molecule has 2 aromatic heterocycles. The Morgan fingerprint density at radius 2 is 1.59 bits per heavy atom. The number of H-pyrrole nitrogens is 3. The second-order valence-corrected chi connectivity index (χ2v) is 7.29. The second kappa shape index (κ2) is 11.9. The molecule has 0 atom stereocenters. The van der Waals surface area contributed by atoms with E-state index in [4.69, 9.17) is 27.8 Å². The Morgan fingerprint density at radius 1 is 1.00 bits per heavy atom. The second-order valence-electron chi connectivity index (χ2n) is 6.85.